The summed E-state index contributed by atoms with van der Waals surface area (Å²) < 4.78 is 6.58. The molecule has 10 aromatic carbocycles. The molecule has 2 aliphatic rings. The summed E-state index contributed by atoms with van der Waals surface area (Å²) in [5.41, 5.74) is 21.8. The molecule has 0 saturated heterocycles. The molecule has 1 heterocycles. The molecule has 1 atom stereocenters. The van der Waals surface area contributed by atoms with Gasteiger partial charge in [0.15, 0.2) is 0 Å². The summed E-state index contributed by atoms with van der Waals surface area (Å²) in [6, 6.07) is 86.7. The molecule has 1 spiro atoms. The number of rotatable bonds is 5. The topological polar surface area (TPSA) is 16.4 Å². The minimum atomic E-state index is -0.655. The van der Waals surface area contributed by atoms with Crippen molar-refractivity contribution in [3.63, 3.8) is 0 Å². The largest absolute Gasteiger partial charge is 0.456 e. The SMILES string of the molecule is c1ccc(-c2ccc(-c3ccc(N(c4ccccc4)c4ccc5c(c4)C4(c6ccccc6-c6ccccc6-5)c5ccccc5-c5c4ccc4oc6ccccc6c54)cc3)cc2)cc1. The van der Waals surface area contributed by atoms with E-state index in [0.29, 0.717) is 0 Å². The maximum atomic E-state index is 6.58. The summed E-state index contributed by atoms with van der Waals surface area (Å²) in [6.45, 7) is 0. The number of hydrogen-bond donors (Lipinski definition) is 0. The van der Waals surface area contributed by atoms with Crippen molar-refractivity contribution in [1.82, 2.24) is 0 Å². The average molecular weight is 802 g/mol. The Bertz CT molecular complexity index is 3550. The third kappa shape index (κ3) is 5.25. The van der Waals surface area contributed by atoms with Crippen LogP contribution in [0.1, 0.15) is 22.3 Å². The first kappa shape index (κ1) is 35.5. The van der Waals surface area contributed by atoms with Gasteiger partial charge in [0.05, 0.1) is 5.41 Å². The Morgan fingerprint density at radius 1 is 0.302 bits per heavy atom. The van der Waals surface area contributed by atoms with Crippen LogP contribution in [-0.4, -0.2) is 0 Å². The van der Waals surface area contributed by atoms with Gasteiger partial charge in [-0.15, -0.1) is 0 Å². The molecular weight excluding hydrogens is 763 g/mol. The first-order valence-electron chi connectivity index (χ1n) is 21.8. The Morgan fingerprint density at radius 3 is 1.49 bits per heavy atom. The zero-order valence-corrected chi connectivity index (χ0v) is 34.4. The second-order valence-electron chi connectivity index (χ2n) is 16.7. The molecular formula is C61H39NO. The third-order valence-electron chi connectivity index (χ3n) is 13.5. The predicted molar refractivity (Wildman–Crippen MR) is 261 cm³/mol. The van der Waals surface area contributed by atoms with Crippen molar-refractivity contribution in [2.24, 2.45) is 0 Å². The van der Waals surface area contributed by atoms with Crippen LogP contribution >= 0.6 is 0 Å². The number of nitrogens with zero attached hydrogens (tertiary/aromatic N) is 1. The minimum absolute atomic E-state index is 0.655. The first-order valence-corrected chi connectivity index (χ1v) is 21.8. The average Bonchev–Trinajstić information content (AvgIpc) is 3.85. The van der Waals surface area contributed by atoms with Crippen LogP contribution in [-0.2, 0) is 5.41 Å². The first-order chi connectivity index (χ1) is 31.3. The molecule has 2 aliphatic carbocycles. The van der Waals surface area contributed by atoms with Gasteiger partial charge in [0, 0.05) is 27.8 Å². The number of fused-ring (bicyclic) bond motifs is 16. The van der Waals surface area contributed by atoms with Crippen molar-refractivity contribution in [3.05, 3.63) is 259 Å². The highest BCUT2D eigenvalue weighted by atomic mass is 16.3. The van der Waals surface area contributed by atoms with E-state index in [4.69, 9.17) is 4.42 Å². The van der Waals surface area contributed by atoms with Gasteiger partial charge in [-0.1, -0.05) is 188 Å². The van der Waals surface area contributed by atoms with Crippen LogP contribution in [0.25, 0.3) is 77.6 Å². The van der Waals surface area contributed by atoms with Gasteiger partial charge >= 0.3 is 0 Å². The van der Waals surface area contributed by atoms with Crippen molar-refractivity contribution < 1.29 is 4.42 Å². The fourth-order valence-corrected chi connectivity index (χ4v) is 10.8. The van der Waals surface area contributed by atoms with Gasteiger partial charge in [0.25, 0.3) is 0 Å². The minimum Gasteiger partial charge on any atom is -0.456 e. The lowest BCUT2D eigenvalue weighted by molar-refractivity contribution is 0.668. The normalized spacial score (nSPS) is 14.4. The smallest absolute Gasteiger partial charge is 0.136 e. The summed E-state index contributed by atoms with van der Waals surface area (Å²) in [5.74, 6) is 0. The second-order valence-corrected chi connectivity index (χ2v) is 16.7. The molecule has 11 aromatic rings. The van der Waals surface area contributed by atoms with Gasteiger partial charge in [0.2, 0.25) is 0 Å². The molecule has 0 amide bonds. The van der Waals surface area contributed by atoms with Gasteiger partial charge in [-0.05, 0) is 126 Å². The molecule has 13 rings (SSSR count). The Kier molecular flexibility index (Phi) is 7.85. The lowest BCUT2D eigenvalue weighted by atomic mass is 9.65. The summed E-state index contributed by atoms with van der Waals surface area (Å²) in [5, 5.41) is 2.31. The van der Waals surface area contributed by atoms with Crippen molar-refractivity contribution >= 4 is 39.0 Å². The van der Waals surface area contributed by atoms with Gasteiger partial charge in [-0.25, -0.2) is 0 Å². The maximum absolute atomic E-state index is 6.58. The molecule has 63 heavy (non-hydrogen) atoms. The molecule has 2 heteroatoms. The lowest BCUT2D eigenvalue weighted by Crippen LogP contribution is -2.29. The summed E-state index contributed by atoms with van der Waals surface area (Å²) in [6.07, 6.45) is 0. The van der Waals surface area contributed by atoms with Crippen LogP contribution in [0.2, 0.25) is 0 Å². The highest BCUT2D eigenvalue weighted by molar-refractivity contribution is 6.16. The Balaban J connectivity index is 1.06. The molecule has 294 valence electrons. The Labute approximate surface area is 366 Å². The van der Waals surface area contributed by atoms with E-state index < -0.39 is 5.41 Å². The number of para-hydroxylation sites is 2. The number of hydrogen-bond acceptors (Lipinski definition) is 2. The van der Waals surface area contributed by atoms with Gasteiger partial charge < -0.3 is 9.32 Å². The quantitative estimate of drug-likeness (QED) is 0.172. The zero-order chi connectivity index (χ0) is 41.5. The fraction of sp³-hybridized carbons (Fsp3) is 0.0164. The molecule has 2 nitrogen and oxygen atoms in total. The summed E-state index contributed by atoms with van der Waals surface area (Å²) in [4.78, 5) is 2.41. The van der Waals surface area contributed by atoms with E-state index in [1.165, 1.54) is 83.3 Å². The van der Waals surface area contributed by atoms with Crippen LogP contribution in [0.5, 0.6) is 0 Å². The number of furan rings is 1. The van der Waals surface area contributed by atoms with Gasteiger partial charge in [0.1, 0.15) is 11.2 Å². The monoisotopic (exact) mass is 801 g/mol. The summed E-state index contributed by atoms with van der Waals surface area (Å²) in [7, 11) is 0. The van der Waals surface area contributed by atoms with E-state index in [0.717, 1.165) is 33.6 Å². The highest BCUT2D eigenvalue weighted by Crippen LogP contribution is 2.63. The molecule has 0 N–H and O–H groups in total. The highest BCUT2D eigenvalue weighted by Gasteiger charge is 2.50. The van der Waals surface area contributed by atoms with E-state index >= 15 is 0 Å². The lowest BCUT2D eigenvalue weighted by Gasteiger charge is -2.36. The molecule has 0 fully saturated rings. The van der Waals surface area contributed by atoms with E-state index in [9.17, 15) is 0 Å². The molecule has 1 aromatic heterocycles. The second kappa shape index (κ2) is 13.9. The van der Waals surface area contributed by atoms with Crippen LogP contribution in [0.4, 0.5) is 17.1 Å². The van der Waals surface area contributed by atoms with Crippen LogP contribution < -0.4 is 4.90 Å². The van der Waals surface area contributed by atoms with E-state index in [-0.39, 0.29) is 0 Å². The standard InChI is InChI=1S/C61H39NO/c1-3-15-40(16-4-1)41-27-29-42(30-28-41)43-31-33-45(34-32-43)62(44-17-5-2-6-18-44)46-35-36-50-48-20-8-7-19-47(48)49-21-9-12-24-53(49)61(56(50)39-46)54-25-13-10-22-51(54)59-55(61)37-38-58-60(59)52-23-11-14-26-57(52)63-58/h1-39H. The van der Waals surface area contributed by atoms with E-state index in [1.807, 2.05) is 0 Å². The van der Waals surface area contributed by atoms with Crippen LogP contribution in [0, 0.1) is 0 Å². The van der Waals surface area contributed by atoms with Crippen LogP contribution in [0.3, 0.4) is 0 Å². The van der Waals surface area contributed by atoms with Crippen molar-refractivity contribution in [2.75, 3.05) is 4.90 Å². The molecule has 0 bridgehead atoms. The van der Waals surface area contributed by atoms with Crippen LogP contribution in [0.15, 0.2) is 241 Å². The van der Waals surface area contributed by atoms with Crippen molar-refractivity contribution in [3.8, 4) is 55.6 Å². The van der Waals surface area contributed by atoms with Gasteiger partial charge in [-0.2, -0.15) is 0 Å². The number of anilines is 3. The zero-order valence-electron chi connectivity index (χ0n) is 34.4. The van der Waals surface area contributed by atoms with Crippen molar-refractivity contribution in [1.29, 1.82) is 0 Å². The predicted octanol–water partition coefficient (Wildman–Crippen LogP) is 16.4. The molecule has 0 saturated carbocycles. The summed E-state index contributed by atoms with van der Waals surface area (Å²) >= 11 is 0. The third-order valence-corrected chi connectivity index (χ3v) is 13.5. The van der Waals surface area contributed by atoms with Crippen molar-refractivity contribution in [2.45, 2.75) is 5.41 Å². The molecule has 0 aliphatic heterocycles. The maximum Gasteiger partial charge on any atom is 0.136 e. The fourth-order valence-electron chi connectivity index (χ4n) is 10.8. The molecule has 0 radical (unpaired) electrons. The Morgan fingerprint density at radius 2 is 0.794 bits per heavy atom. The van der Waals surface area contributed by atoms with Gasteiger partial charge in [-0.3, -0.25) is 0 Å². The van der Waals surface area contributed by atoms with E-state index in [2.05, 4.69) is 241 Å². The molecule has 1 unspecified atom stereocenters. The Hall–Kier alpha value is -8.20. The number of benzene rings is 10. The van der Waals surface area contributed by atoms with E-state index in [1.54, 1.807) is 0 Å².